The van der Waals surface area contributed by atoms with Crippen LogP contribution in [-0.2, 0) is 5.33 Å². The van der Waals surface area contributed by atoms with Gasteiger partial charge in [0.2, 0.25) is 0 Å². The van der Waals surface area contributed by atoms with Crippen molar-refractivity contribution in [2.45, 2.75) is 11.8 Å². The smallest absolute Gasteiger partial charge is 0.239 e. The van der Waals surface area contributed by atoms with Crippen molar-refractivity contribution in [3.63, 3.8) is 0 Å². The van der Waals surface area contributed by atoms with Crippen LogP contribution in [0.3, 0.4) is 0 Å². The first-order valence-electron chi connectivity index (χ1n) is 3.25. The lowest BCUT2D eigenvalue weighted by Crippen LogP contribution is -2.00. The number of aromatic nitrogens is 1. The maximum atomic E-state index is 13.0. The van der Waals surface area contributed by atoms with Crippen LogP contribution < -0.4 is 0 Å². The summed E-state index contributed by atoms with van der Waals surface area (Å²) in [5, 5.41) is 0.0266. The first-order chi connectivity index (χ1) is 6.06. The van der Waals surface area contributed by atoms with Crippen molar-refractivity contribution in [2.75, 3.05) is 0 Å². The van der Waals surface area contributed by atoms with E-state index in [0.717, 1.165) is 6.07 Å². The highest BCUT2D eigenvalue weighted by Gasteiger charge is 2.18. The first kappa shape index (κ1) is 11.0. The maximum Gasteiger partial charge on any atom is 0.280 e. The van der Waals surface area contributed by atoms with Gasteiger partial charge in [0.25, 0.3) is 6.43 Å². The largest absolute Gasteiger partial charge is 0.280 e. The van der Waals surface area contributed by atoms with Crippen molar-refractivity contribution in [1.82, 2.24) is 4.98 Å². The number of pyridine rings is 1. The van der Waals surface area contributed by atoms with Gasteiger partial charge in [0, 0.05) is 17.0 Å². The summed E-state index contributed by atoms with van der Waals surface area (Å²) in [6.45, 7) is 0. The lowest BCUT2D eigenvalue weighted by Gasteiger charge is -2.06. The van der Waals surface area contributed by atoms with Crippen LogP contribution in [-0.4, -0.2) is 4.98 Å². The Morgan fingerprint density at radius 1 is 1.46 bits per heavy atom. The summed E-state index contributed by atoms with van der Waals surface area (Å²) >= 11 is 5.77. The van der Waals surface area contributed by atoms with E-state index in [-0.39, 0.29) is 15.5 Å². The molecule has 0 bridgehead atoms. The van der Waals surface area contributed by atoms with Gasteiger partial charge in [0.1, 0.15) is 16.1 Å². The van der Waals surface area contributed by atoms with Crippen LogP contribution in [0.4, 0.5) is 13.2 Å². The molecular formula is C7H4Br2F3N. The van der Waals surface area contributed by atoms with E-state index in [1.807, 2.05) is 0 Å². The predicted octanol–water partition coefficient (Wildman–Crippen LogP) is 3.82. The molecule has 0 unspecified atom stereocenters. The Bertz CT molecular complexity index is 317. The molecule has 1 heterocycles. The summed E-state index contributed by atoms with van der Waals surface area (Å²) in [5.41, 5.74) is -0.623. The third-order valence-electron chi connectivity index (χ3n) is 1.41. The van der Waals surface area contributed by atoms with Crippen LogP contribution in [0, 0.1) is 5.82 Å². The Morgan fingerprint density at radius 2 is 2.08 bits per heavy atom. The third-order valence-corrected chi connectivity index (χ3v) is 2.38. The molecule has 72 valence electrons. The van der Waals surface area contributed by atoms with E-state index in [2.05, 4.69) is 36.8 Å². The molecule has 1 aromatic heterocycles. The molecule has 0 aromatic carbocycles. The van der Waals surface area contributed by atoms with Gasteiger partial charge in [-0.05, 0) is 15.9 Å². The average Bonchev–Trinajstić information content (AvgIpc) is 2.02. The van der Waals surface area contributed by atoms with E-state index in [4.69, 9.17) is 0 Å². The van der Waals surface area contributed by atoms with Gasteiger partial charge >= 0.3 is 0 Å². The molecule has 1 nitrogen and oxygen atoms in total. The summed E-state index contributed by atoms with van der Waals surface area (Å²) in [5.74, 6) is -0.686. The zero-order valence-electron chi connectivity index (χ0n) is 6.20. The number of hydrogen-bond donors (Lipinski definition) is 0. The van der Waals surface area contributed by atoms with Gasteiger partial charge in [-0.1, -0.05) is 15.9 Å². The van der Waals surface area contributed by atoms with Gasteiger partial charge in [-0.25, -0.2) is 18.2 Å². The average molecular weight is 319 g/mol. The second kappa shape index (κ2) is 4.41. The second-order valence-electron chi connectivity index (χ2n) is 2.22. The van der Waals surface area contributed by atoms with Crippen LogP contribution in [0.15, 0.2) is 10.7 Å². The molecule has 0 fully saturated rings. The summed E-state index contributed by atoms with van der Waals surface area (Å²) in [7, 11) is 0. The van der Waals surface area contributed by atoms with Gasteiger partial charge in [0.05, 0.1) is 0 Å². The van der Waals surface area contributed by atoms with E-state index < -0.39 is 17.9 Å². The molecule has 0 saturated carbocycles. The molecule has 0 aliphatic rings. The third kappa shape index (κ3) is 2.43. The topological polar surface area (TPSA) is 12.9 Å². The number of nitrogens with zero attached hydrogens (tertiary/aromatic N) is 1. The van der Waals surface area contributed by atoms with Crippen molar-refractivity contribution in [1.29, 1.82) is 0 Å². The van der Waals surface area contributed by atoms with Gasteiger partial charge in [-0.15, -0.1) is 0 Å². The van der Waals surface area contributed by atoms with E-state index in [1.54, 1.807) is 0 Å². The van der Waals surface area contributed by atoms with Crippen molar-refractivity contribution in [2.24, 2.45) is 0 Å². The molecule has 0 saturated heterocycles. The summed E-state index contributed by atoms with van der Waals surface area (Å²) in [4.78, 5) is 3.50. The fraction of sp³-hybridized carbons (Fsp3) is 0.286. The minimum atomic E-state index is -2.76. The molecule has 0 aliphatic heterocycles. The van der Waals surface area contributed by atoms with Crippen LogP contribution in [0.5, 0.6) is 0 Å². The number of halogens is 5. The van der Waals surface area contributed by atoms with E-state index in [0.29, 0.717) is 0 Å². The molecule has 1 rings (SSSR count). The van der Waals surface area contributed by atoms with Crippen LogP contribution in [0.2, 0.25) is 0 Å². The minimum absolute atomic E-state index is 0.0266. The zero-order chi connectivity index (χ0) is 10.0. The highest BCUT2D eigenvalue weighted by molar-refractivity contribution is 9.10. The Balaban J connectivity index is 3.29. The molecule has 0 N–H and O–H groups in total. The van der Waals surface area contributed by atoms with Gasteiger partial charge in [0.15, 0.2) is 0 Å². The van der Waals surface area contributed by atoms with Gasteiger partial charge in [-0.3, -0.25) is 0 Å². The Kier molecular flexibility index (Phi) is 3.73. The van der Waals surface area contributed by atoms with Crippen molar-refractivity contribution in [3.05, 3.63) is 27.7 Å². The van der Waals surface area contributed by atoms with Crippen molar-refractivity contribution >= 4 is 31.9 Å². The Labute approximate surface area is 89.6 Å². The van der Waals surface area contributed by atoms with Crippen molar-refractivity contribution < 1.29 is 13.2 Å². The number of alkyl halides is 3. The van der Waals surface area contributed by atoms with E-state index in [1.165, 1.54) is 0 Å². The van der Waals surface area contributed by atoms with Crippen LogP contribution in [0.25, 0.3) is 0 Å². The van der Waals surface area contributed by atoms with Gasteiger partial charge < -0.3 is 0 Å². The molecule has 6 heteroatoms. The summed E-state index contributed by atoms with van der Waals surface area (Å²) < 4.78 is 37.7. The van der Waals surface area contributed by atoms with Gasteiger partial charge in [-0.2, -0.15) is 0 Å². The lowest BCUT2D eigenvalue weighted by atomic mass is 10.2. The number of hydrogen-bond acceptors (Lipinski definition) is 1. The molecule has 1 aromatic rings. The van der Waals surface area contributed by atoms with E-state index in [9.17, 15) is 13.2 Å². The molecular weight excluding hydrogens is 315 g/mol. The molecule has 0 radical (unpaired) electrons. The lowest BCUT2D eigenvalue weighted by molar-refractivity contribution is 0.144. The van der Waals surface area contributed by atoms with Crippen molar-refractivity contribution in [3.8, 4) is 0 Å². The molecule has 0 aliphatic carbocycles. The monoisotopic (exact) mass is 317 g/mol. The molecule has 0 amide bonds. The highest BCUT2D eigenvalue weighted by Crippen LogP contribution is 2.26. The fourth-order valence-corrected chi connectivity index (χ4v) is 1.79. The molecule has 0 spiro atoms. The predicted molar refractivity (Wildman–Crippen MR) is 49.5 cm³/mol. The van der Waals surface area contributed by atoms with Crippen LogP contribution in [0.1, 0.15) is 17.7 Å². The Morgan fingerprint density at radius 3 is 2.54 bits per heavy atom. The minimum Gasteiger partial charge on any atom is -0.239 e. The zero-order valence-corrected chi connectivity index (χ0v) is 9.37. The molecule has 13 heavy (non-hydrogen) atoms. The first-order valence-corrected chi connectivity index (χ1v) is 5.16. The normalized spacial score (nSPS) is 10.9. The van der Waals surface area contributed by atoms with E-state index >= 15 is 0 Å². The Hall–Kier alpha value is -0.100. The summed E-state index contributed by atoms with van der Waals surface area (Å²) in [6.07, 6.45) is -2.76. The highest BCUT2D eigenvalue weighted by atomic mass is 79.9. The quantitative estimate of drug-likeness (QED) is 0.597. The maximum absolute atomic E-state index is 13.0. The second-order valence-corrected chi connectivity index (χ2v) is 3.60. The summed E-state index contributed by atoms with van der Waals surface area (Å²) in [6, 6.07) is 1.06. The fourth-order valence-electron chi connectivity index (χ4n) is 0.842. The standard InChI is InChI=1S/C7H4Br2F3N/c8-2-3-4(10)1-5(9)13-6(3)7(11)12/h1,7H,2H2. The molecule has 0 atom stereocenters. The van der Waals surface area contributed by atoms with Crippen LogP contribution >= 0.6 is 31.9 Å². The SMILES string of the molecule is Fc1cc(Br)nc(C(F)F)c1CBr. The number of rotatable bonds is 2.